The van der Waals surface area contributed by atoms with Crippen LogP contribution in [0.5, 0.6) is 5.75 Å². The predicted octanol–water partition coefficient (Wildman–Crippen LogP) is 5.22. The van der Waals surface area contributed by atoms with Crippen LogP contribution in [-0.4, -0.2) is 18.2 Å². The molecule has 1 heterocycles. The van der Waals surface area contributed by atoms with Gasteiger partial charge >= 0.3 is 0 Å². The second-order valence-corrected chi connectivity index (χ2v) is 6.11. The van der Waals surface area contributed by atoms with E-state index in [4.69, 9.17) is 16.3 Å². The molecule has 0 atom stereocenters. The van der Waals surface area contributed by atoms with Crippen molar-refractivity contribution < 1.29 is 9.66 Å². The minimum absolute atomic E-state index is 0.113. The summed E-state index contributed by atoms with van der Waals surface area (Å²) in [4.78, 5) is 15.7. The number of methoxy groups -OCH3 is 1. The maximum Gasteiger partial charge on any atom is 0.298 e. The molecule has 0 amide bonds. The van der Waals surface area contributed by atoms with E-state index in [-0.39, 0.29) is 11.4 Å². The fourth-order valence-corrected chi connectivity index (χ4v) is 3.48. The summed E-state index contributed by atoms with van der Waals surface area (Å²) in [7, 11) is 1.46. The lowest BCUT2D eigenvalue weighted by atomic mass is 10.2. The first kappa shape index (κ1) is 15.5. The van der Waals surface area contributed by atoms with Gasteiger partial charge in [-0.3, -0.25) is 10.1 Å². The summed E-state index contributed by atoms with van der Waals surface area (Å²) in [6.45, 7) is 0. The number of ether oxygens (including phenoxy) is 1. The van der Waals surface area contributed by atoms with Gasteiger partial charge in [-0.05, 0) is 18.2 Å². The number of hydrogen-bond donors (Lipinski definition) is 0. The normalized spacial score (nSPS) is 11.2. The molecule has 5 nitrogen and oxygen atoms in total. The van der Waals surface area contributed by atoms with Crippen molar-refractivity contribution in [2.24, 2.45) is 4.99 Å². The summed E-state index contributed by atoms with van der Waals surface area (Å²) >= 11 is 7.83. The van der Waals surface area contributed by atoms with E-state index >= 15 is 0 Å². The number of aliphatic imine (C=N–C) groups is 1. The van der Waals surface area contributed by atoms with Crippen molar-refractivity contribution in [2.75, 3.05) is 7.11 Å². The summed E-state index contributed by atoms with van der Waals surface area (Å²) < 4.78 is 6.05. The van der Waals surface area contributed by atoms with Crippen molar-refractivity contribution in [3.8, 4) is 5.75 Å². The number of halogens is 1. The Morgan fingerprint density at radius 1 is 1.30 bits per heavy atom. The zero-order chi connectivity index (χ0) is 16.4. The van der Waals surface area contributed by atoms with E-state index in [2.05, 4.69) is 4.99 Å². The number of hydrogen-bond acceptors (Lipinski definition) is 5. The van der Waals surface area contributed by atoms with Gasteiger partial charge < -0.3 is 4.74 Å². The molecule has 116 valence electrons. The minimum atomic E-state index is -0.484. The highest BCUT2D eigenvalue weighted by atomic mass is 35.5. The van der Waals surface area contributed by atoms with Crippen LogP contribution >= 0.6 is 22.9 Å². The Balaban J connectivity index is 2.02. The van der Waals surface area contributed by atoms with Crippen molar-refractivity contribution in [3.05, 3.63) is 62.5 Å². The molecule has 0 aliphatic rings. The minimum Gasteiger partial charge on any atom is -0.496 e. The Labute approximate surface area is 141 Å². The molecule has 3 aromatic rings. The van der Waals surface area contributed by atoms with Crippen LogP contribution in [0.25, 0.3) is 10.1 Å². The van der Waals surface area contributed by atoms with E-state index in [1.165, 1.54) is 24.5 Å². The maximum absolute atomic E-state index is 11.2. The average Bonchev–Trinajstić information content (AvgIpc) is 2.89. The molecule has 0 fully saturated rings. The summed E-state index contributed by atoms with van der Waals surface area (Å²) in [6.07, 6.45) is 1.56. The van der Waals surface area contributed by atoms with Crippen molar-refractivity contribution in [2.45, 2.75) is 0 Å². The summed E-state index contributed by atoms with van der Waals surface area (Å²) in [5.74, 6) is 0.413. The molecule has 1 aromatic heterocycles. The highest BCUT2D eigenvalue weighted by Crippen LogP contribution is 2.35. The number of benzene rings is 2. The fourth-order valence-electron chi connectivity index (χ4n) is 2.13. The monoisotopic (exact) mass is 346 g/mol. The van der Waals surface area contributed by atoms with Crippen molar-refractivity contribution in [1.82, 2.24) is 0 Å². The average molecular weight is 347 g/mol. The lowest BCUT2D eigenvalue weighted by Gasteiger charge is -2.01. The molecule has 0 spiro atoms. The third-order valence-electron chi connectivity index (χ3n) is 3.26. The fraction of sp³-hybridized carbons (Fsp3) is 0.0625. The summed E-state index contributed by atoms with van der Waals surface area (Å²) in [6, 6.07) is 12.3. The Morgan fingerprint density at radius 3 is 2.78 bits per heavy atom. The smallest absolute Gasteiger partial charge is 0.298 e. The molecule has 7 heteroatoms. The number of nitro groups is 1. The number of nitrogens with zero attached hydrogens (tertiary/aromatic N) is 2. The van der Waals surface area contributed by atoms with Crippen LogP contribution in [0.15, 0.2) is 47.5 Å². The lowest BCUT2D eigenvalue weighted by molar-refractivity contribution is -0.384. The molecular formula is C16H11ClN2O3S. The number of nitro benzene ring substituents is 1. The van der Waals surface area contributed by atoms with Gasteiger partial charge in [-0.2, -0.15) is 0 Å². The van der Waals surface area contributed by atoms with Gasteiger partial charge in [0, 0.05) is 16.3 Å². The van der Waals surface area contributed by atoms with Crippen LogP contribution in [0.1, 0.15) is 4.88 Å². The molecule has 0 bridgehead atoms. The molecule has 3 rings (SSSR count). The molecule has 0 aliphatic carbocycles. The Hall–Kier alpha value is -2.44. The molecule has 0 saturated heterocycles. The predicted molar refractivity (Wildman–Crippen MR) is 93.7 cm³/mol. The third-order valence-corrected chi connectivity index (χ3v) is 4.88. The van der Waals surface area contributed by atoms with Gasteiger partial charge in [0.25, 0.3) is 5.69 Å². The SMILES string of the molecule is COc1ccc(N=Cc2sc3ccccc3c2Cl)c([N+](=O)[O-])c1. The van der Waals surface area contributed by atoms with Crippen molar-refractivity contribution in [3.63, 3.8) is 0 Å². The number of thiophene rings is 1. The van der Waals surface area contributed by atoms with Gasteiger partial charge in [0.1, 0.15) is 11.4 Å². The second-order valence-electron chi connectivity index (χ2n) is 4.65. The van der Waals surface area contributed by atoms with Crippen LogP contribution in [0.2, 0.25) is 5.02 Å². The molecule has 0 aliphatic heterocycles. The largest absolute Gasteiger partial charge is 0.496 e. The number of fused-ring (bicyclic) bond motifs is 1. The molecule has 0 unspecified atom stereocenters. The first-order valence-electron chi connectivity index (χ1n) is 6.63. The summed E-state index contributed by atoms with van der Waals surface area (Å²) in [5.41, 5.74) is 0.141. The van der Waals surface area contributed by atoms with E-state index < -0.39 is 4.92 Å². The highest BCUT2D eigenvalue weighted by molar-refractivity contribution is 7.21. The Morgan fingerprint density at radius 2 is 2.09 bits per heavy atom. The number of rotatable bonds is 4. The topological polar surface area (TPSA) is 64.7 Å². The maximum atomic E-state index is 11.2. The first-order valence-corrected chi connectivity index (χ1v) is 7.83. The van der Waals surface area contributed by atoms with Crippen molar-refractivity contribution in [1.29, 1.82) is 0 Å². The molecule has 0 radical (unpaired) electrons. The van der Waals surface area contributed by atoms with E-state index in [1.54, 1.807) is 18.3 Å². The van der Waals surface area contributed by atoms with Gasteiger partial charge in [-0.25, -0.2) is 4.99 Å². The molecule has 0 N–H and O–H groups in total. The molecular weight excluding hydrogens is 336 g/mol. The molecule has 0 saturated carbocycles. The summed E-state index contributed by atoms with van der Waals surface area (Å²) in [5, 5.41) is 12.7. The van der Waals surface area contributed by atoms with Crippen molar-refractivity contribution >= 4 is 50.6 Å². The Bertz CT molecular complexity index is 921. The van der Waals surface area contributed by atoms with Crippen LogP contribution < -0.4 is 4.74 Å². The first-order chi connectivity index (χ1) is 11.1. The lowest BCUT2D eigenvalue weighted by Crippen LogP contribution is -1.91. The van der Waals surface area contributed by atoms with Gasteiger partial charge in [0.2, 0.25) is 0 Å². The quantitative estimate of drug-likeness (QED) is 0.369. The van der Waals surface area contributed by atoms with E-state index in [1.807, 2.05) is 24.3 Å². The molecule has 23 heavy (non-hydrogen) atoms. The van der Waals surface area contributed by atoms with Crippen LogP contribution in [0.4, 0.5) is 11.4 Å². The Kier molecular flexibility index (Phi) is 4.27. The van der Waals surface area contributed by atoms with Gasteiger partial charge in [0.05, 0.1) is 28.0 Å². The molecule has 2 aromatic carbocycles. The van der Waals surface area contributed by atoms with Gasteiger partial charge in [-0.15, -0.1) is 11.3 Å². The standard InChI is InChI=1S/C16H11ClN2O3S/c1-22-10-6-7-12(13(8-10)19(20)21)18-9-15-16(17)11-4-2-3-5-14(11)23-15/h2-9H,1H3. The highest BCUT2D eigenvalue weighted by Gasteiger charge is 2.15. The van der Waals surface area contributed by atoms with Crippen LogP contribution in [-0.2, 0) is 0 Å². The van der Waals surface area contributed by atoms with Gasteiger partial charge in [0.15, 0.2) is 0 Å². The second kappa shape index (κ2) is 6.36. The van der Waals surface area contributed by atoms with Crippen LogP contribution in [0, 0.1) is 10.1 Å². The van der Waals surface area contributed by atoms with E-state index in [0.717, 1.165) is 15.0 Å². The van der Waals surface area contributed by atoms with E-state index in [9.17, 15) is 10.1 Å². The third kappa shape index (κ3) is 3.04. The van der Waals surface area contributed by atoms with E-state index in [0.29, 0.717) is 10.8 Å². The zero-order valence-corrected chi connectivity index (χ0v) is 13.6. The van der Waals surface area contributed by atoms with Gasteiger partial charge in [-0.1, -0.05) is 29.8 Å². The zero-order valence-electron chi connectivity index (χ0n) is 12.0. The van der Waals surface area contributed by atoms with Crippen LogP contribution in [0.3, 0.4) is 0 Å².